The maximum Gasteiger partial charge on any atom is 0.330 e. The first-order valence-corrected chi connectivity index (χ1v) is 5.19. The van der Waals surface area contributed by atoms with Crippen LogP contribution in [-0.2, 0) is 10.2 Å². The molecule has 0 aliphatic heterocycles. The van der Waals surface area contributed by atoms with Crippen molar-refractivity contribution in [3.05, 3.63) is 48.0 Å². The Balaban J connectivity index is 0.000000325. The van der Waals surface area contributed by atoms with Crippen LogP contribution in [0, 0.1) is 0 Å². The van der Waals surface area contributed by atoms with Gasteiger partial charge in [0.25, 0.3) is 0 Å². The van der Waals surface area contributed by atoms with Crippen molar-refractivity contribution >= 4 is 5.97 Å². The van der Waals surface area contributed by atoms with Gasteiger partial charge in [-0.25, -0.2) is 4.79 Å². The molecule has 0 heterocycles. The second kappa shape index (κ2) is 6.11. The Kier molecular flexibility index (Phi) is 5.51. The van der Waals surface area contributed by atoms with Gasteiger partial charge in [0.2, 0.25) is 0 Å². The SMILES string of the molecule is C=C(C)C(=O)O.CC(C)(C)c1ccccc1. The van der Waals surface area contributed by atoms with E-state index < -0.39 is 5.97 Å². The van der Waals surface area contributed by atoms with Crippen LogP contribution in [0.3, 0.4) is 0 Å². The Morgan fingerprint density at radius 2 is 1.56 bits per heavy atom. The van der Waals surface area contributed by atoms with Gasteiger partial charge in [0, 0.05) is 5.57 Å². The highest BCUT2D eigenvalue weighted by molar-refractivity contribution is 5.84. The fourth-order valence-electron chi connectivity index (χ4n) is 0.938. The van der Waals surface area contributed by atoms with Gasteiger partial charge < -0.3 is 5.11 Å². The summed E-state index contributed by atoms with van der Waals surface area (Å²) in [6.07, 6.45) is 0. The summed E-state index contributed by atoms with van der Waals surface area (Å²) in [6, 6.07) is 10.6. The molecule has 0 amide bonds. The molecular weight excluding hydrogens is 200 g/mol. The van der Waals surface area contributed by atoms with Crippen LogP contribution in [0.1, 0.15) is 33.3 Å². The Morgan fingerprint density at radius 3 is 1.75 bits per heavy atom. The largest absolute Gasteiger partial charge is 0.478 e. The lowest BCUT2D eigenvalue weighted by molar-refractivity contribution is -0.132. The monoisotopic (exact) mass is 220 g/mol. The van der Waals surface area contributed by atoms with Gasteiger partial charge in [0.05, 0.1) is 0 Å². The summed E-state index contributed by atoms with van der Waals surface area (Å²) in [6.45, 7) is 11.3. The molecule has 0 aromatic heterocycles. The third kappa shape index (κ3) is 6.02. The fraction of sp³-hybridized carbons (Fsp3) is 0.357. The average molecular weight is 220 g/mol. The van der Waals surface area contributed by atoms with Crippen molar-refractivity contribution in [1.29, 1.82) is 0 Å². The maximum atomic E-state index is 9.60. The van der Waals surface area contributed by atoms with Gasteiger partial charge in [-0.2, -0.15) is 0 Å². The predicted octanol–water partition coefficient (Wildman–Crippen LogP) is 3.63. The number of hydrogen-bond acceptors (Lipinski definition) is 1. The number of hydrogen-bond donors (Lipinski definition) is 1. The van der Waals surface area contributed by atoms with Gasteiger partial charge in [-0.3, -0.25) is 0 Å². The van der Waals surface area contributed by atoms with Crippen LogP contribution >= 0.6 is 0 Å². The summed E-state index contributed by atoms with van der Waals surface area (Å²) in [5.41, 5.74) is 1.87. The van der Waals surface area contributed by atoms with Gasteiger partial charge in [0.15, 0.2) is 0 Å². The first-order valence-electron chi connectivity index (χ1n) is 5.19. The van der Waals surface area contributed by atoms with Crippen LogP contribution in [0.15, 0.2) is 42.5 Å². The van der Waals surface area contributed by atoms with Gasteiger partial charge in [0.1, 0.15) is 0 Å². The zero-order valence-electron chi connectivity index (χ0n) is 10.4. The van der Waals surface area contributed by atoms with Gasteiger partial charge in [-0.05, 0) is 17.9 Å². The minimum atomic E-state index is -0.935. The normalized spacial score (nSPS) is 10.0. The van der Waals surface area contributed by atoms with Crippen molar-refractivity contribution in [2.75, 3.05) is 0 Å². The van der Waals surface area contributed by atoms with Crippen molar-refractivity contribution in [2.45, 2.75) is 33.1 Å². The van der Waals surface area contributed by atoms with E-state index in [-0.39, 0.29) is 5.57 Å². The summed E-state index contributed by atoms with van der Waals surface area (Å²) in [7, 11) is 0. The van der Waals surface area contributed by atoms with Crippen LogP contribution in [0.2, 0.25) is 0 Å². The molecule has 0 aliphatic carbocycles. The summed E-state index contributed by atoms with van der Waals surface area (Å²) < 4.78 is 0. The van der Waals surface area contributed by atoms with Crippen molar-refractivity contribution in [1.82, 2.24) is 0 Å². The molecule has 2 heteroatoms. The second-order valence-corrected chi connectivity index (χ2v) is 4.70. The Labute approximate surface area is 97.6 Å². The molecule has 2 nitrogen and oxygen atoms in total. The Hall–Kier alpha value is -1.57. The fourth-order valence-corrected chi connectivity index (χ4v) is 0.938. The van der Waals surface area contributed by atoms with Crippen LogP contribution in [0.4, 0.5) is 0 Å². The molecule has 0 unspecified atom stereocenters. The Morgan fingerprint density at radius 1 is 1.19 bits per heavy atom. The smallest absolute Gasteiger partial charge is 0.330 e. The molecule has 0 atom stereocenters. The third-order valence-corrected chi connectivity index (χ3v) is 2.00. The standard InChI is InChI=1S/C10H14.C4H6O2/c1-10(2,3)9-7-5-4-6-8-9;1-3(2)4(5)6/h4-8H,1-3H3;1H2,2H3,(H,5,6). The molecule has 88 valence electrons. The Bertz CT molecular complexity index is 333. The van der Waals surface area contributed by atoms with E-state index in [4.69, 9.17) is 5.11 Å². The van der Waals surface area contributed by atoms with Crippen LogP contribution in [0.25, 0.3) is 0 Å². The van der Waals surface area contributed by atoms with Crippen molar-refractivity contribution < 1.29 is 9.90 Å². The van der Waals surface area contributed by atoms with E-state index in [2.05, 4.69) is 57.7 Å². The zero-order chi connectivity index (χ0) is 12.8. The topological polar surface area (TPSA) is 37.3 Å². The molecule has 1 aromatic carbocycles. The quantitative estimate of drug-likeness (QED) is 0.734. The van der Waals surface area contributed by atoms with Crippen LogP contribution < -0.4 is 0 Å². The number of carbonyl (C=O) groups is 1. The van der Waals surface area contributed by atoms with E-state index in [0.717, 1.165) is 0 Å². The van der Waals surface area contributed by atoms with Crippen LogP contribution in [0.5, 0.6) is 0 Å². The number of rotatable bonds is 1. The lowest BCUT2D eigenvalue weighted by Gasteiger charge is -2.18. The van der Waals surface area contributed by atoms with Crippen molar-refractivity contribution in [3.8, 4) is 0 Å². The van der Waals surface area contributed by atoms with E-state index in [0.29, 0.717) is 5.41 Å². The predicted molar refractivity (Wildman–Crippen MR) is 67.6 cm³/mol. The lowest BCUT2D eigenvalue weighted by atomic mass is 9.87. The van der Waals surface area contributed by atoms with Gasteiger partial charge >= 0.3 is 5.97 Å². The first-order chi connectivity index (χ1) is 7.25. The molecule has 1 rings (SSSR count). The summed E-state index contributed by atoms with van der Waals surface area (Å²) in [4.78, 5) is 9.60. The highest BCUT2D eigenvalue weighted by Crippen LogP contribution is 2.20. The molecule has 1 N–H and O–H groups in total. The minimum Gasteiger partial charge on any atom is -0.478 e. The highest BCUT2D eigenvalue weighted by atomic mass is 16.4. The van der Waals surface area contributed by atoms with Gasteiger partial charge in [-0.15, -0.1) is 0 Å². The first kappa shape index (κ1) is 14.4. The summed E-state index contributed by atoms with van der Waals surface area (Å²) in [5.74, 6) is -0.935. The van der Waals surface area contributed by atoms with E-state index in [1.54, 1.807) is 0 Å². The van der Waals surface area contributed by atoms with E-state index in [1.165, 1.54) is 12.5 Å². The summed E-state index contributed by atoms with van der Waals surface area (Å²) in [5, 5.41) is 7.89. The third-order valence-electron chi connectivity index (χ3n) is 2.00. The zero-order valence-corrected chi connectivity index (χ0v) is 10.4. The molecule has 0 saturated carbocycles. The molecule has 1 aromatic rings. The van der Waals surface area contributed by atoms with Crippen molar-refractivity contribution in [3.63, 3.8) is 0 Å². The lowest BCUT2D eigenvalue weighted by Crippen LogP contribution is -2.10. The van der Waals surface area contributed by atoms with E-state index in [9.17, 15) is 4.79 Å². The number of aliphatic carboxylic acids is 1. The number of carboxylic acid groups (broad SMARTS) is 1. The maximum absolute atomic E-state index is 9.60. The molecule has 0 aliphatic rings. The molecule has 0 bridgehead atoms. The number of carboxylic acids is 1. The summed E-state index contributed by atoms with van der Waals surface area (Å²) >= 11 is 0. The van der Waals surface area contributed by atoms with Gasteiger partial charge in [-0.1, -0.05) is 57.7 Å². The van der Waals surface area contributed by atoms with Crippen molar-refractivity contribution in [2.24, 2.45) is 0 Å². The molecule has 16 heavy (non-hydrogen) atoms. The average Bonchev–Trinajstić information content (AvgIpc) is 2.18. The van der Waals surface area contributed by atoms with Crippen LogP contribution in [-0.4, -0.2) is 11.1 Å². The minimum absolute atomic E-state index is 0.176. The molecule has 0 fully saturated rings. The molecule has 0 saturated heterocycles. The molecular formula is C14H20O2. The second-order valence-electron chi connectivity index (χ2n) is 4.70. The highest BCUT2D eigenvalue weighted by Gasteiger charge is 2.11. The molecule has 0 spiro atoms. The van der Waals surface area contributed by atoms with E-state index >= 15 is 0 Å². The van der Waals surface area contributed by atoms with E-state index in [1.807, 2.05) is 0 Å². The number of benzene rings is 1. The molecule has 0 radical (unpaired) electrons.